The van der Waals surface area contributed by atoms with Crippen LogP contribution in [0.15, 0.2) is 48.5 Å². The van der Waals surface area contributed by atoms with Crippen molar-refractivity contribution in [1.82, 2.24) is 10.6 Å². The lowest BCUT2D eigenvalue weighted by atomic mass is 9.95. The van der Waals surface area contributed by atoms with E-state index >= 15 is 0 Å². The van der Waals surface area contributed by atoms with Gasteiger partial charge >= 0.3 is 0 Å². The molecule has 0 spiro atoms. The van der Waals surface area contributed by atoms with E-state index in [0.29, 0.717) is 29.3 Å². The lowest BCUT2D eigenvalue weighted by Gasteiger charge is -2.22. The summed E-state index contributed by atoms with van der Waals surface area (Å²) in [5.74, 6) is 0.963. The topological polar surface area (TPSA) is 79.5 Å². The fourth-order valence-corrected chi connectivity index (χ4v) is 3.88. The van der Waals surface area contributed by atoms with Crippen LogP contribution in [0.5, 0.6) is 5.75 Å². The molecule has 1 aliphatic carbocycles. The van der Waals surface area contributed by atoms with Crippen molar-refractivity contribution in [2.24, 2.45) is 5.92 Å². The Morgan fingerprint density at radius 3 is 2.18 bits per heavy atom. The van der Waals surface area contributed by atoms with Crippen molar-refractivity contribution in [2.45, 2.75) is 58.4 Å². The van der Waals surface area contributed by atoms with Gasteiger partial charge in [0.15, 0.2) is 5.11 Å². The summed E-state index contributed by atoms with van der Waals surface area (Å²) < 4.78 is 5.68. The van der Waals surface area contributed by atoms with E-state index in [0.717, 1.165) is 25.0 Å². The second-order valence-electron chi connectivity index (χ2n) is 8.85. The van der Waals surface area contributed by atoms with Gasteiger partial charge in [-0.05, 0) is 85.9 Å². The largest absolute Gasteiger partial charge is 0.494 e. The summed E-state index contributed by atoms with van der Waals surface area (Å²) in [6.07, 6.45) is 6.68. The van der Waals surface area contributed by atoms with Crippen LogP contribution >= 0.6 is 12.2 Å². The number of thiocarbonyl (C=S) groups is 1. The Morgan fingerprint density at radius 1 is 0.939 bits per heavy atom. The predicted octanol–water partition coefficient (Wildman–Crippen LogP) is 5.30. The first-order chi connectivity index (χ1) is 15.9. The highest BCUT2D eigenvalue weighted by atomic mass is 32.1. The standard InChI is InChI=1S/C26H33N3O3S/c1-18(2)16-17-32-23-14-10-20(11-15-23)25(31)29-26(33)28-22-12-8-19(9-13-22)24(30)27-21-6-4-3-5-7-21/h8-15,18,21H,3-7,16-17H2,1-2H3,(H,27,30)(H2,28,29,31,33). The monoisotopic (exact) mass is 467 g/mol. The molecule has 0 heterocycles. The lowest BCUT2D eigenvalue weighted by Crippen LogP contribution is -2.36. The second-order valence-corrected chi connectivity index (χ2v) is 9.26. The molecule has 0 bridgehead atoms. The van der Waals surface area contributed by atoms with E-state index in [1.807, 2.05) is 0 Å². The Balaban J connectivity index is 1.45. The number of carbonyl (C=O) groups excluding carboxylic acids is 2. The maximum atomic E-state index is 12.5. The number of hydrogen-bond donors (Lipinski definition) is 3. The van der Waals surface area contributed by atoms with E-state index in [2.05, 4.69) is 29.8 Å². The smallest absolute Gasteiger partial charge is 0.257 e. The average Bonchev–Trinajstić information content (AvgIpc) is 2.80. The highest BCUT2D eigenvalue weighted by Gasteiger charge is 2.16. The molecule has 2 amide bonds. The fraction of sp³-hybridized carbons (Fsp3) is 0.423. The van der Waals surface area contributed by atoms with Crippen molar-refractivity contribution in [2.75, 3.05) is 11.9 Å². The highest BCUT2D eigenvalue weighted by Crippen LogP contribution is 2.18. The molecule has 0 aromatic heterocycles. The average molecular weight is 468 g/mol. The third-order valence-electron chi connectivity index (χ3n) is 5.65. The van der Waals surface area contributed by atoms with Crippen LogP contribution in [-0.2, 0) is 0 Å². The molecule has 0 aliphatic heterocycles. The number of hydrogen-bond acceptors (Lipinski definition) is 4. The summed E-state index contributed by atoms with van der Waals surface area (Å²) in [7, 11) is 0. The van der Waals surface area contributed by atoms with Gasteiger partial charge in [-0.2, -0.15) is 0 Å². The molecule has 1 saturated carbocycles. The zero-order valence-electron chi connectivity index (χ0n) is 19.4. The SMILES string of the molecule is CC(C)CCOc1ccc(C(=O)NC(=S)Nc2ccc(C(=O)NC3CCCCC3)cc2)cc1. The van der Waals surface area contributed by atoms with Gasteiger partial charge in [-0.25, -0.2) is 0 Å². The zero-order chi connectivity index (χ0) is 23.6. The molecule has 2 aromatic rings. The van der Waals surface area contributed by atoms with Gasteiger partial charge in [-0.15, -0.1) is 0 Å². The molecule has 0 atom stereocenters. The third kappa shape index (κ3) is 8.17. The Morgan fingerprint density at radius 2 is 1.55 bits per heavy atom. The Kier molecular flexibility index (Phi) is 9.24. The number of amides is 2. The van der Waals surface area contributed by atoms with Crippen molar-refractivity contribution in [3.63, 3.8) is 0 Å². The first kappa shape index (κ1) is 24.7. The quantitative estimate of drug-likeness (QED) is 0.459. The van der Waals surface area contributed by atoms with Gasteiger partial charge in [0.2, 0.25) is 0 Å². The summed E-state index contributed by atoms with van der Waals surface area (Å²) in [5, 5.41) is 8.96. The summed E-state index contributed by atoms with van der Waals surface area (Å²) in [6, 6.07) is 14.3. The molecule has 2 aromatic carbocycles. The maximum Gasteiger partial charge on any atom is 0.257 e. The van der Waals surface area contributed by atoms with Gasteiger partial charge in [-0.1, -0.05) is 33.1 Å². The Labute approximate surface area is 201 Å². The van der Waals surface area contributed by atoms with Crippen molar-refractivity contribution in [3.05, 3.63) is 59.7 Å². The van der Waals surface area contributed by atoms with E-state index in [9.17, 15) is 9.59 Å². The van der Waals surface area contributed by atoms with E-state index in [4.69, 9.17) is 17.0 Å². The van der Waals surface area contributed by atoms with E-state index in [1.54, 1.807) is 48.5 Å². The number of ether oxygens (including phenoxy) is 1. The van der Waals surface area contributed by atoms with Crippen LogP contribution in [0.25, 0.3) is 0 Å². The van der Waals surface area contributed by atoms with Crippen LogP contribution < -0.4 is 20.7 Å². The molecule has 0 radical (unpaired) electrons. The first-order valence-electron chi connectivity index (χ1n) is 11.7. The molecular weight excluding hydrogens is 434 g/mol. The molecule has 0 unspecified atom stereocenters. The Hall–Kier alpha value is -2.93. The normalized spacial score (nSPS) is 13.9. The highest BCUT2D eigenvalue weighted by molar-refractivity contribution is 7.80. The van der Waals surface area contributed by atoms with Crippen molar-refractivity contribution in [1.29, 1.82) is 0 Å². The van der Waals surface area contributed by atoms with Gasteiger partial charge in [-0.3, -0.25) is 14.9 Å². The van der Waals surface area contributed by atoms with Crippen molar-refractivity contribution < 1.29 is 14.3 Å². The van der Waals surface area contributed by atoms with Gasteiger partial charge in [0.25, 0.3) is 11.8 Å². The molecule has 33 heavy (non-hydrogen) atoms. The van der Waals surface area contributed by atoms with Crippen LogP contribution in [0.2, 0.25) is 0 Å². The number of anilines is 1. The third-order valence-corrected chi connectivity index (χ3v) is 5.86. The van der Waals surface area contributed by atoms with Crippen LogP contribution in [0.4, 0.5) is 5.69 Å². The van der Waals surface area contributed by atoms with E-state index in [1.165, 1.54) is 19.3 Å². The molecule has 6 nitrogen and oxygen atoms in total. The molecule has 3 N–H and O–H groups in total. The molecule has 176 valence electrons. The number of benzene rings is 2. The summed E-state index contributed by atoms with van der Waals surface area (Å²) in [6.45, 7) is 4.95. The van der Waals surface area contributed by atoms with Crippen LogP contribution in [-0.4, -0.2) is 29.6 Å². The van der Waals surface area contributed by atoms with Crippen LogP contribution in [0, 0.1) is 5.92 Å². The van der Waals surface area contributed by atoms with E-state index in [-0.39, 0.29) is 23.0 Å². The van der Waals surface area contributed by atoms with E-state index < -0.39 is 0 Å². The lowest BCUT2D eigenvalue weighted by molar-refractivity contribution is 0.0926. The van der Waals surface area contributed by atoms with Gasteiger partial charge in [0, 0.05) is 22.9 Å². The minimum absolute atomic E-state index is 0.0547. The molecular formula is C26H33N3O3S. The zero-order valence-corrected chi connectivity index (χ0v) is 20.2. The molecule has 1 aliphatic rings. The maximum absolute atomic E-state index is 12.5. The number of rotatable bonds is 8. The molecule has 0 saturated heterocycles. The van der Waals surface area contributed by atoms with Crippen molar-refractivity contribution in [3.8, 4) is 5.75 Å². The number of nitrogens with one attached hydrogen (secondary N) is 3. The first-order valence-corrected chi connectivity index (χ1v) is 12.1. The van der Waals surface area contributed by atoms with Gasteiger partial charge in [0.1, 0.15) is 5.75 Å². The predicted molar refractivity (Wildman–Crippen MR) is 136 cm³/mol. The minimum Gasteiger partial charge on any atom is -0.494 e. The van der Waals surface area contributed by atoms with Gasteiger partial charge < -0.3 is 15.4 Å². The molecule has 1 fully saturated rings. The van der Waals surface area contributed by atoms with Crippen LogP contribution in [0.1, 0.15) is 73.1 Å². The Bertz CT molecular complexity index is 936. The molecule has 7 heteroatoms. The summed E-state index contributed by atoms with van der Waals surface area (Å²) >= 11 is 5.27. The molecule has 3 rings (SSSR count). The van der Waals surface area contributed by atoms with Gasteiger partial charge in [0.05, 0.1) is 6.61 Å². The van der Waals surface area contributed by atoms with Crippen molar-refractivity contribution >= 4 is 34.8 Å². The summed E-state index contributed by atoms with van der Waals surface area (Å²) in [4.78, 5) is 24.9. The minimum atomic E-state index is -0.301. The van der Waals surface area contributed by atoms with Crippen LogP contribution in [0.3, 0.4) is 0 Å². The fourth-order valence-electron chi connectivity index (χ4n) is 3.67. The second kappa shape index (κ2) is 12.3. The number of carbonyl (C=O) groups is 2. The summed E-state index contributed by atoms with van der Waals surface area (Å²) in [5.41, 5.74) is 1.80.